The highest BCUT2D eigenvalue weighted by atomic mass is 16.5. The van der Waals surface area contributed by atoms with Gasteiger partial charge in [0.05, 0.1) is 19.8 Å². The number of nitriles is 1. The molecule has 1 aromatic carbocycles. The highest BCUT2D eigenvalue weighted by molar-refractivity contribution is 5.56. The molecule has 3 nitrogen and oxygen atoms in total. The molecule has 0 aromatic heterocycles. The molecule has 3 heteroatoms. The minimum atomic E-state index is 0.507. The van der Waals surface area contributed by atoms with E-state index in [0.29, 0.717) is 11.3 Å². The Morgan fingerprint density at radius 2 is 1.79 bits per heavy atom. The first-order valence-electron chi connectivity index (χ1n) is 4.28. The van der Waals surface area contributed by atoms with E-state index in [9.17, 15) is 0 Å². The Hall–Kier alpha value is -1.69. The van der Waals surface area contributed by atoms with Gasteiger partial charge in [-0.1, -0.05) is 0 Å². The van der Waals surface area contributed by atoms with Crippen LogP contribution in [0.4, 0.5) is 0 Å². The molecule has 0 aliphatic rings. The zero-order chi connectivity index (χ0) is 10.7. The Balaban J connectivity index is 3.48. The molecular formula is C11H13NO2. The number of nitrogens with zero attached hydrogens (tertiary/aromatic N) is 1. The topological polar surface area (TPSA) is 42.2 Å². The zero-order valence-corrected chi connectivity index (χ0v) is 8.84. The van der Waals surface area contributed by atoms with Crippen LogP contribution in [0.2, 0.25) is 0 Å². The van der Waals surface area contributed by atoms with Gasteiger partial charge in [0, 0.05) is 6.07 Å². The lowest BCUT2D eigenvalue weighted by atomic mass is 10.0. The number of methoxy groups -OCH3 is 2. The highest BCUT2D eigenvalue weighted by Gasteiger charge is 2.12. The summed E-state index contributed by atoms with van der Waals surface area (Å²) in [6.45, 7) is 3.86. The molecule has 0 aliphatic heterocycles. The summed E-state index contributed by atoms with van der Waals surface area (Å²) in [5, 5.41) is 8.90. The smallest absolute Gasteiger partial charge is 0.140 e. The van der Waals surface area contributed by atoms with Crippen molar-refractivity contribution in [3.05, 3.63) is 22.8 Å². The molecule has 0 spiro atoms. The molecule has 0 saturated heterocycles. The van der Waals surface area contributed by atoms with Crippen molar-refractivity contribution in [3.8, 4) is 17.6 Å². The molecule has 0 heterocycles. The molecule has 0 bridgehead atoms. The summed E-state index contributed by atoms with van der Waals surface area (Å²) in [7, 11) is 3.16. The summed E-state index contributed by atoms with van der Waals surface area (Å²) in [6, 6.07) is 3.78. The third-order valence-corrected chi connectivity index (χ3v) is 2.34. The summed E-state index contributed by atoms with van der Waals surface area (Å²) < 4.78 is 10.3. The van der Waals surface area contributed by atoms with Crippen LogP contribution in [0.25, 0.3) is 0 Å². The maximum absolute atomic E-state index is 8.90. The van der Waals surface area contributed by atoms with Crippen LogP contribution in [0.5, 0.6) is 11.5 Å². The molecule has 0 aliphatic carbocycles. The van der Waals surface area contributed by atoms with Gasteiger partial charge >= 0.3 is 0 Å². The molecule has 0 unspecified atom stereocenters. The fourth-order valence-corrected chi connectivity index (χ4v) is 1.42. The molecule has 0 fully saturated rings. The summed E-state index contributed by atoms with van der Waals surface area (Å²) in [4.78, 5) is 0. The molecular weight excluding hydrogens is 178 g/mol. The number of hydrogen-bond donors (Lipinski definition) is 0. The van der Waals surface area contributed by atoms with E-state index in [1.165, 1.54) is 0 Å². The van der Waals surface area contributed by atoms with Gasteiger partial charge in [-0.25, -0.2) is 0 Å². The van der Waals surface area contributed by atoms with Crippen LogP contribution < -0.4 is 9.47 Å². The predicted molar refractivity (Wildman–Crippen MR) is 53.7 cm³/mol. The Bertz CT molecular complexity index is 391. The van der Waals surface area contributed by atoms with Gasteiger partial charge in [0.1, 0.15) is 17.6 Å². The van der Waals surface area contributed by atoms with E-state index >= 15 is 0 Å². The molecule has 1 aromatic rings. The molecule has 0 amide bonds. The Morgan fingerprint density at radius 1 is 1.14 bits per heavy atom. The van der Waals surface area contributed by atoms with Crippen molar-refractivity contribution < 1.29 is 9.47 Å². The van der Waals surface area contributed by atoms with Crippen LogP contribution >= 0.6 is 0 Å². The summed E-state index contributed by atoms with van der Waals surface area (Å²) in [6.07, 6.45) is 0. The monoisotopic (exact) mass is 191 g/mol. The number of rotatable bonds is 2. The van der Waals surface area contributed by atoms with Gasteiger partial charge < -0.3 is 9.47 Å². The Morgan fingerprint density at radius 3 is 2.21 bits per heavy atom. The summed E-state index contributed by atoms with van der Waals surface area (Å²) >= 11 is 0. The molecule has 0 saturated carbocycles. The number of hydrogen-bond acceptors (Lipinski definition) is 3. The van der Waals surface area contributed by atoms with Gasteiger partial charge in [-0.3, -0.25) is 0 Å². The third kappa shape index (κ3) is 1.51. The van der Waals surface area contributed by atoms with Crippen LogP contribution in [0.3, 0.4) is 0 Å². The summed E-state index contributed by atoms with van der Waals surface area (Å²) in [5.74, 6) is 1.35. The van der Waals surface area contributed by atoms with Crippen molar-refractivity contribution in [2.75, 3.05) is 14.2 Å². The molecule has 74 valence electrons. The second-order valence-electron chi connectivity index (χ2n) is 3.02. The van der Waals surface area contributed by atoms with Gasteiger partial charge in [-0.05, 0) is 25.0 Å². The van der Waals surface area contributed by atoms with Gasteiger partial charge in [0.15, 0.2) is 0 Å². The van der Waals surface area contributed by atoms with Crippen LogP contribution in [-0.2, 0) is 0 Å². The molecule has 0 N–H and O–H groups in total. The normalized spacial score (nSPS) is 9.36. The second-order valence-corrected chi connectivity index (χ2v) is 3.02. The van der Waals surface area contributed by atoms with Crippen molar-refractivity contribution in [1.29, 1.82) is 5.26 Å². The predicted octanol–water partition coefficient (Wildman–Crippen LogP) is 2.19. The van der Waals surface area contributed by atoms with Crippen LogP contribution in [0.1, 0.15) is 16.7 Å². The third-order valence-electron chi connectivity index (χ3n) is 2.34. The minimum absolute atomic E-state index is 0.507. The average Bonchev–Trinajstić information content (AvgIpc) is 2.21. The van der Waals surface area contributed by atoms with Crippen molar-refractivity contribution in [1.82, 2.24) is 0 Å². The van der Waals surface area contributed by atoms with Gasteiger partial charge in [0.2, 0.25) is 0 Å². The van der Waals surface area contributed by atoms with Crippen LogP contribution in [0.15, 0.2) is 6.07 Å². The molecule has 1 rings (SSSR count). The van der Waals surface area contributed by atoms with E-state index in [1.807, 2.05) is 13.8 Å². The van der Waals surface area contributed by atoms with E-state index in [-0.39, 0.29) is 0 Å². The minimum Gasteiger partial charge on any atom is -0.496 e. The van der Waals surface area contributed by atoms with E-state index in [4.69, 9.17) is 14.7 Å². The standard InChI is InChI=1S/C11H13NO2/c1-7-8(2)11(14-4)9(6-12)5-10(7)13-3/h5H,1-4H3. The van der Waals surface area contributed by atoms with Crippen LogP contribution in [-0.4, -0.2) is 14.2 Å². The molecule has 0 radical (unpaired) electrons. The lowest BCUT2D eigenvalue weighted by Gasteiger charge is -2.13. The zero-order valence-electron chi connectivity index (χ0n) is 8.84. The second kappa shape index (κ2) is 4.01. The van der Waals surface area contributed by atoms with Gasteiger partial charge in [-0.15, -0.1) is 0 Å². The van der Waals surface area contributed by atoms with E-state index in [2.05, 4.69) is 6.07 Å². The summed E-state index contributed by atoms with van der Waals surface area (Å²) in [5.41, 5.74) is 2.46. The van der Waals surface area contributed by atoms with Crippen LogP contribution in [0, 0.1) is 25.2 Å². The van der Waals surface area contributed by atoms with E-state index in [0.717, 1.165) is 16.9 Å². The fourth-order valence-electron chi connectivity index (χ4n) is 1.42. The number of ether oxygens (including phenoxy) is 2. The molecule has 14 heavy (non-hydrogen) atoms. The maximum Gasteiger partial charge on any atom is 0.140 e. The Labute approximate surface area is 83.9 Å². The fraction of sp³-hybridized carbons (Fsp3) is 0.364. The Kier molecular flexibility index (Phi) is 2.98. The first-order chi connectivity index (χ1) is 6.65. The first-order valence-corrected chi connectivity index (χ1v) is 4.28. The van der Waals surface area contributed by atoms with Crippen molar-refractivity contribution in [2.24, 2.45) is 0 Å². The van der Waals surface area contributed by atoms with Gasteiger partial charge in [0.25, 0.3) is 0 Å². The highest BCUT2D eigenvalue weighted by Crippen LogP contribution is 2.32. The van der Waals surface area contributed by atoms with E-state index in [1.54, 1.807) is 20.3 Å². The maximum atomic E-state index is 8.90. The lowest BCUT2D eigenvalue weighted by Crippen LogP contribution is -1.97. The van der Waals surface area contributed by atoms with Gasteiger partial charge in [-0.2, -0.15) is 5.26 Å². The quantitative estimate of drug-likeness (QED) is 0.719. The first kappa shape index (κ1) is 10.4. The number of benzene rings is 1. The van der Waals surface area contributed by atoms with Crippen molar-refractivity contribution in [3.63, 3.8) is 0 Å². The van der Waals surface area contributed by atoms with E-state index < -0.39 is 0 Å². The van der Waals surface area contributed by atoms with Crippen molar-refractivity contribution >= 4 is 0 Å². The lowest BCUT2D eigenvalue weighted by molar-refractivity contribution is 0.396. The average molecular weight is 191 g/mol. The molecule has 0 atom stereocenters. The SMILES string of the molecule is COc1cc(C#N)c(OC)c(C)c1C. The van der Waals surface area contributed by atoms with Crippen molar-refractivity contribution in [2.45, 2.75) is 13.8 Å². The largest absolute Gasteiger partial charge is 0.496 e.